The van der Waals surface area contributed by atoms with Crippen molar-refractivity contribution in [3.8, 4) is 0 Å². The third kappa shape index (κ3) is 61.3. The van der Waals surface area contributed by atoms with E-state index in [1.165, 1.54) is 295 Å². The van der Waals surface area contributed by atoms with Crippen LogP contribution in [0.3, 0.4) is 0 Å². The Morgan fingerprint density at radius 2 is 0.618 bits per heavy atom. The summed E-state index contributed by atoms with van der Waals surface area (Å²) in [6, 6.07) is -0.637. The van der Waals surface area contributed by atoms with Gasteiger partial charge >= 0.3 is 5.97 Å². The molecule has 0 aromatic heterocycles. The van der Waals surface area contributed by atoms with E-state index in [9.17, 15) is 19.8 Å². The fraction of sp³-hybridized carbons (Fsp3) is 0.886. The van der Waals surface area contributed by atoms with E-state index in [2.05, 4.69) is 43.5 Å². The first-order valence-electron chi connectivity index (χ1n) is 34.3. The highest BCUT2D eigenvalue weighted by Gasteiger charge is 2.18. The normalized spacial score (nSPS) is 12.7. The Labute approximate surface area is 474 Å². The van der Waals surface area contributed by atoms with Crippen LogP contribution in [0.15, 0.2) is 36.5 Å². The Kier molecular flexibility index (Phi) is 63.9. The van der Waals surface area contributed by atoms with Gasteiger partial charge in [-0.15, -0.1) is 0 Å². The Morgan fingerprint density at radius 3 is 0.934 bits per heavy atom. The predicted molar refractivity (Wildman–Crippen MR) is 333 cm³/mol. The molecule has 0 bridgehead atoms. The second kappa shape index (κ2) is 65.6. The van der Waals surface area contributed by atoms with Crippen molar-refractivity contribution < 1.29 is 24.5 Å². The fourth-order valence-electron chi connectivity index (χ4n) is 10.6. The molecule has 0 heterocycles. The van der Waals surface area contributed by atoms with E-state index in [4.69, 9.17) is 4.74 Å². The summed E-state index contributed by atoms with van der Waals surface area (Å²) < 4.78 is 5.49. The summed E-state index contributed by atoms with van der Waals surface area (Å²) in [5.74, 6) is -0.0738. The van der Waals surface area contributed by atoms with Gasteiger partial charge in [0.1, 0.15) is 0 Å². The second-order valence-electron chi connectivity index (χ2n) is 23.5. The highest BCUT2D eigenvalue weighted by molar-refractivity contribution is 5.76. The first-order valence-corrected chi connectivity index (χ1v) is 34.3. The summed E-state index contributed by atoms with van der Waals surface area (Å²) in [5, 5.41) is 23.2. The minimum absolute atomic E-state index is 0.000454. The van der Waals surface area contributed by atoms with Gasteiger partial charge in [0, 0.05) is 12.8 Å². The van der Waals surface area contributed by atoms with Crippen LogP contribution in [-0.4, -0.2) is 47.4 Å². The summed E-state index contributed by atoms with van der Waals surface area (Å²) in [6.07, 6.45) is 83.5. The number of rotatable bonds is 64. The number of esters is 1. The van der Waals surface area contributed by atoms with E-state index in [0.29, 0.717) is 19.4 Å². The molecular weight excluding hydrogens is 935 g/mol. The van der Waals surface area contributed by atoms with Crippen molar-refractivity contribution in [3.63, 3.8) is 0 Å². The van der Waals surface area contributed by atoms with E-state index >= 15 is 0 Å². The van der Waals surface area contributed by atoms with Crippen molar-refractivity contribution in [2.75, 3.05) is 13.2 Å². The van der Waals surface area contributed by atoms with Crippen molar-refractivity contribution in [2.45, 2.75) is 386 Å². The zero-order valence-corrected chi connectivity index (χ0v) is 51.3. The molecule has 6 heteroatoms. The number of carbonyl (C=O) groups is 2. The number of hydrogen-bond acceptors (Lipinski definition) is 5. The van der Waals surface area contributed by atoms with Crippen LogP contribution >= 0.6 is 0 Å². The Morgan fingerprint density at radius 1 is 0.355 bits per heavy atom. The molecule has 0 spiro atoms. The predicted octanol–water partition coefficient (Wildman–Crippen LogP) is 21.9. The van der Waals surface area contributed by atoms with E-state index in [1.807, 2.05) is 6.08 Å². The molecule has 0 aromatic carbocycles. The Bertz CT molecular complexity index is 1230. The molecular formula is C70H133NO5. The standard InChI is InChI=1S/C70H133NO5/c1-3-5-7-9-11-13-15-17-19-21-22-23-24-25-27-31-34-38-42-46-50-54-58-62-68(73)67(66-72)71-69(74)63-59-55-51-47-43-39-35-32-28-26-29-33-37-41-45-49-53-57-61-65-76-70(75)64-60-56-52-48-44-40-36-30-20-18-16-14-12-10-8-6-4-2/h18,20,26,28,58,62,67-68,72-73H,3-17,19,21-25,27,29-57,59-61,63-66H2,1-2H3,(H,71,74)/b20-18-,28-26-,62-58+. The molecule has 0 saturated heterocycles. The van der Waals surface area contributed by atoms with Crippen LogP contribution in [0.5, 0.6) is 0 Å². The maximum absolute atomic E-state index is 12.5. The largest absolute Gasteiger partial charge is 0.466 e. The molecule has 2 unspecified atom stereocenters. The van der Waals surface area contributed by atoms with Gasteiger partial charge in [0.15, 0.2) is 0 Å². The number of ether oxygens (including phenoxy) is 1. The number of unbranched alkanes of at least 4 members (excludes halogenated alkanes) is 49. The third-order valence-corrected chi connectivity index (χ3v) is 15.9. The van der Waals surface area contributed by atoms with Crippen LogP contribution in [-0.2, 0) is 14.3 Å². The lowest BCUT2D eigenvalue weighted by Crippen LogP contribution is -2.45. The van der Waals surface area contributed by atoms with Gasteiger partial charge in [0.25, 0.3) is 0 Å². The molecule has 0 radical (unpaired) electrons. The lowest BCUT2D eigenvalue weighted by Gasteiger charge is -2.20. The van der Waals surface area contributed by atoms with Crippen LogP contribution in [0.4, 0.5) is 0 Å². The first kappa shape index (κ1) is 74.1. The van der Waals surface area contributed by atoms with Crippen molar-refractivity contribution in [3.05, 3.63) is 36.5 Å². The molecule has 0 aliphatic heterocycles. The summed E-state index contributed by atoms with van der Waals surface area (Å²) in [4.78, 5) is 24.6. The number of nitrogens with one attached hydrogen (secondary N) is 1. The smallest absolute Gasteiger partial charge is 0.305 e. The van der Waals surface area contributed by atoms with Crippen molar-refractivity contribution in [1.29, 1.82) is 0 Å². The zero-order valence-electron chi connectivity index (χ0n) is 51.3. The molecule has 0 aromatic rings. The maximum atomic E-state index is 12.5. The summed E-state index contributed by atoms with van der Waals surface area (Å²) in [5.41, 5.74) is 0. The van der Waals surface area contributed by atoms with Gasteiger partial charge in [-0.1, -0.05) is 314 Å². The Hall–Kier alpha value is -1.92. The maximum Gasteiger partial charge on any atom is 0.305 e. The number of aliphatic hydroxyl groups is 2. The number of allylic oxidation sites excluding steroid dienone is 5. The van der Waals surface area contributed by atoms with Gasteiger partial charge in [-0.25, -0.2) is 0 Å². The van der Waals surface area contributed by atoms with E-state index in [1.54, 1.807) is 6.08 Å². The molecule has 0 rings (SSSR count). The highest BCUT2D eigenvalue weighted by Crippen LogP contribution is 2.18. The molecule has 0 aliphatic carbocycles. The molecule has 448 valence electrons. The van der Waals surface area contributed by atoms with Gasteiger partial charge in [0.05, 0.1) is 25.4 Å². The number of hydrogen-bond donors (Lipinski definition) is 3. The van der Waals surface area contributed by atoms with Gasteiger partial charge in [-0.3, -0.25) is 9.59 Å². The number of aliphatic hydroxyl groups excluding tert-OH is 2. The average molecular weight is 1070 g/mol. The quantitative estimate of drug-likeness (QED) is 0.0320. The lowest BCUT2D eigenvalue weighted by atomic mass is 10.0. The van der Waals surface area contributed by atoms with Gasteiger partial charge in [-0.05, 0) is 83.5 Å². The SMILES string of the molecule is CCCCCCCC/C=C\CCCCCCCCCC(=O)OCCCCCCCCCC/C=C\CCCCCCCCCC(=O)NC(CO)C(O)/C=C/CCCCCCCCCCCCCCCCCCCCCCC. The third-order valence-electron chi connectivity index (χ3n) is 15.9. The van der Waals surface area contributed by atoms with Crippen LogP contribution in [0.25, 0.3) is 0 Å². The topological polar surface area (TPSA) is 95.9 Å². The van der Waals surface area contributed by atoms with Crippen molar-refractivity contribution >= 4 is 11.9 Å². The summed E-state index contributed by atoms with van der Waals surface area (Å²) >= 11 is 0. The number of amides is 1. The molecule has 76 heavy (non-hydrogen) atoms. The van der Waals surface area contributed by atoms with Crippen LogP contribution in [0.1, 0.15) is 373 Å². The first-order chi connectivity index (χ1) is 37.5. The minimum Gasteiger partial charge on any atom is -0.466 e. The van der Waals surface area contributed by atoms with E-state index < -0.39 is 12.1 Å². The molecule has 0 aliphatic rings. The molecule has 0 fully saturated rings. The molecule has 2 atom stereocenters. The lowest BCUT2D eigenvalue weighted by molar-refractivity contribution is -0.143. The van der Waals surface area contributed by atoms with Crippen LogP contribution in [0.2, 0.25) is 0 Å². The summed E-state index contributed by atoms with van der Waals surface area (Å²) in [6.45, 7) is 4.92. The number of carbonyl (C=O) groups excluding carboxylic acids is 2. The van der Waals surface area contributed by atoms with Gasteiger partial charge in [0.2, 0.25) is 5.91 Å². The van der Waals surface area contributed by atoms with Crippen LogP contribution < -0.4 is 5.32 Å². The van der Waals surface area contributed by atoms with Gasteiger partial charge in [-0.2, -0.15) is 0 Å². The monoisotopic (exact) mass is 1070 g/mol. The highest BCUT2D eigenvalue weighted by atomic mass is 16.5. The molecule has 0 saturated carbocycles. The van der Waals surface area contributed by atoms with E-state index in [-0.39, 0.29) is 18.5 Å². The average Bonchev–Trinajstić information content (AvgIpc) is 3.42. The van der Waals surface area contributed by atoms with Gasteiger partial charge < -0.3 is 20.3 Å². The van der Waals surface area contributed by atoms with E-state index in [0.717, 1.165) is 51.4 Å². The molecule has 3 N–H and O–H groups in total. The summed E-state index contributed by atoms with van der Waals surface area (Å²) in [7, 11) is 0. The molecule has 6 nitrogen and oxygen atoms in total. The minimum atomic E-state index is -0.853. The molecule has 1 amide bonds. The van der Waals surface area contributed by atoms with Crippen molar-refractivity contribution in [1.82, 2.24) is 5.32 Å². The second-order valence-corrected chi connectivity index (χ2v) is 23.5. The van der Waals surface area contributed by atoms with Crippen LogP contribution in [0, 0.1) is 0 Å². The Balaban J connectivity index is 3.46. The fourth-order valence-corrected chi connectivity index (χ4v) is 10.6. The zero-order chi connectivity index (χ0) is 55.0. The van der Waals surface area contributed by atoms with Crippen molar-refractivity contribution in [2.24, 2.45) is 0 Å².